The van der Waals surface area contributed by atoms with Gasteiger partial charge in [-0.05, 0) is 6.07 Å². The third kappa shape index (κ3) is 3.13. The van der Waals surface area contributed by atoms with Crippen LogP contribution in [0.15, 0.2) is 18.2 Å². The monoisotopic (exact) mass is 328 g/mol. The molecule has 2 aliphatic heterocycles. The summed E-state index contributed by atoms with van der Waals surface area (Å²) in [7, 11) is 0. The highest BCUT2D eigenvalue weighted by Crippen LogP contribution is 2.50. The SMILES string of the molecule is CC(C)(CO)[C@H](c1cccc2c1OC(F)(F)O2)N1CCNCC1. The van der Waals surface area contributed by atoms with Gasteiger partial charge in [-0.25, -0.2) is 0 Å². The van der Waals surface area contributed by atoms with Gasteiger partial charge in [0.25, 0.3) is 0 Å². The summed E-state index contributed by atoms with van der Waals surface area (Å²) in [5.41, 5.74) is 0.105. The molecule has 0 spiro atoms. The quantitative estimate of drug-likeness (QED) is 0.885. The van der Waals surface area contributed by atoms with Crippen LogP contribution >= 0.6 is 0 Å². The van der Waals surface area contributed by atoms with Crippen LogP contribution < -0.4 is 14.8 Å². The average Bonchev–Trinajstić information content (AvgIpc) is 2.83. The van der Waals surface area contributed by atoms with E-state index in [-0.39, 0.29) is 24.1 Å². The molecule has 2 heterocycles. The molecule has 0 amide bonds. The second kappa shape index (κ2) is 5.89. The molecule has 3 rings (SSSR count). The van der Waals surface area contributed by atoms with E-state index in [9.17, 15) is 13.9 Å². The molecule has 0 aliphatic carbocycles. The zero-order valence-corrected chi connectivity index (χ0v) is 13.3. The number of nitrogens with zero attached hydrogens (tertiary/aromatic N) is 1. The highest BCUT2D eigenvalue weighted by Gasteiger charge is 2.47. The standard InChI is InChI=1S/C16H22F2N2O3/c1-15(2,10-21)14(20-8-6-19-7-9-20)11-4-3-5-12-13(11)23-16(17,18)22-12/h3-5,14,19,21H,6-10H2,1-2H3/t14-/m0/s1. The summed E-state index contributed by atoms with van der Waals surface area (Å²) in [6.07, 6.45) is -3.64. The predicted molar refractivity (Wildman–Crippen MR) is 80.7 cm³/mol. The van der Waals surface area contributed by atoms with Gasteiger partial charge in [-0.2, -0.15) is 0 Å². The van der Waals surface area contributed by atoms with Crippen LogP contribution in [0.3, 0.4) is 0 Å². The van der Waals surface area contributed by atoms with Crippen molar-refractivity contribution in [2.75, 3.05) is 32.8 Å². The van der Waals surface area contributed by atoms with Gasteiger partial charge in [0.15, 0.2) is 11.5 Å². The Bertz CT molecular complexity index is 574. The van der Waals surface area contributed by atoms with E-state index in [1.807, 2.05) is 13.8 Å². The number of fused-ring (bicyclic) bond motifs is 1. The minimum Gasteiger partial charge on any atom is -0.396 e. The molecular weight excluding hydrogens is 306 g/mol. The topological polar surface area (TPSA) is 54.0 Å². The molecule has 0 radical (unpaired) electrons. The lowest BCUT2D eigenvalue weighted by molar-refractivity contribution is -0.287. The van der Waals surface area contributed by atoms with E-state index in [0.717, 1.165) is 26.2 Å². The summed E-state index contributed by atoms with van der Waals surface area (Å²) in [5.74, 6) is 0.115. The number of halogens is 2. The maximum absolute atomic E-state index is 13.5. The van der Waals surface area contributed by atoms with Crippen LogP contribution in [0.1, 0.15) is 25.5 Å². The first-order valence-corrected chi connectivity index (χ1v) is 7.78. The van der Waals surface area contributed by atoms with Gasteiger partial charge in [0.1, 0.15) is 0 Å². The van der Waals surface area contributed by atoms with Crippen molar-refractivity contribution in [1.29, 1.82) is 0 Å². The molecule has 2 aliphatic rings. The third-order valence-corrected chi connectivity index (χ3v) is 4.42. The lowest BCUT2D eigenvalue weighted by Crippen LogP contribution is -2.49. The van der Waals surface area contributed by atoms with Crippen molar-refractivity contribution < 1.29 is 23.4 Å². The summed E-state index contributed by atoms with van der Waals surface area (Å²) in [4.78, 5) is 2.20. The first-order valence-electron chi connectivity index (χ1n) is 7.78. The normalized spacial score (nSPS) is 22.1. The molecule has 128 valence electrons. The first kappa shape index (κ1) is 16.4. The number of para-hydroxylation sites is 1. The van der Waals surface area contributed by atoms with E-state index >= 15 is 0 Å². The van der Waals surface area contributed by atoms with E-state index in [0.29, 0.717) is 5.56 Å². The summed E-state index contributed by atoms with van der Waals surface area (Å²) in [5, 5.41) is 13.1. The van der Waals surface area contributed by atoms with Gasteiger partial charge in [0, 0.05) is 49.8 Å². The van der Waals surface area contributed by atoms with E-state index < -0.39 is 11.7 Å². The van der Waals surface area contributed by atoms with Gasteiger partial charge >= 0.3 is 6.29 Å². The highest BCUT2D eigenvalue weighted by atomic mass is 19.3. The third-order valence-electron chi connectivity index (χ3n) is 4.42. The Hall–Kier alpha value is -1.44. The summed E-state index contributed by atoms with van der Waals surface area (Å²) >= 11 is 0. The number of alkyl halides is 2. The second-order valence-electron chi connectivity index (χ2n) is 6.68. The van der Waals surface area contributed by atoms with Gasteiger partial charge < -0.3 is 19.9 Å². The Kier molecular flexibility index (Phi) is 4.20. The van der Waals surface area contributed by atoms with Crippen molar-refractivity contribution in [2.45, 2.75) is 26.2 Å². The maximum Gasteiger partial charge on any atom is 0.586 e. The predicted octanol–water partition coefficient (Wildman–Crippen LogP) is 1.97. The molecule has 7 heteroatoms. The van der Waals surface area contributed by atoms with Gasteiger partial charge in [-0.3, -0.25) is 4.90 Å². The molecule has 0 saturated carbocycles. The molecule has 23 heavy (non-hydrogen) atoms. The number of hydrogen-bond donors (Lipinski definition) is 2. The fourth-order valence-electron chi connectivity index (χ4n) is 3.34. The highest BCUT2D eigenvalue weighted by molar-refractivity contribution is 5.50. The minimum atomic E-state index is -3.64. The van der Waals surface area contributed by atoms with E-state index in [2.05, 4.69) is 15.0 Å². The van der Waals surface area contributed by atoms with Crippen molar-refractivity contribution in [3.63, 3.8) is 0 Å². The number of benzene rings is 1. The van der Waals surface area contributed by atoms with E-state index in [1.165, 1.54) is 6.07 Å². The Morgan fingerprint density at radius 3 is 2.65 bits per heavy atom. The smallest absolute Gasteiger partial charge is 0.396 e. The number of hydrogen-bond acceptors (Lipinski definition) is 5. The summed E-state index contributed by atoms with van der Waals surface area (Å²) in [6.45, 7) is 6.97. The largest absolute Gasteiger partial charge is 0.586 e. The van der Waals surface area contributed by atoms with Crippen LogP contribution in [0.5, 0.6) is 11.5 Å². The van der Waals surface area contributed by atoms with Crippen molar-refractivity contribution in [3.05, 3.63) is 23.8 Å². The Morgan fingerprint density at radius 1 is 1.30 bits per heavy atom. The maximum atomic E-state index is 13.5. The molecule has 1 fully saturated rings. The molecule has 5 nitrogen and oxygen atoms in total. The first-order chi connectivity index (χ1) is 10.8. The number of piperazine rings is 1. The summed E-state index contributed by atoms with van der Waals surface area (Å²) in [6, 6.07) is 4.68. The molecular formula is C16H22F2N2O3. The van der Waals surface area contributed by atoms with Crippen LogP contribution in [0.2, 0.25) is 0 Å². The number of nitrogens with one attached hydrogen (secondary N) is 1. The van der Waals surface area contributed by atoms with Crippen molar-refractivity contribution in [1.82, 2.24) is 10.2 Å². The number of rotatable bonds is 4. The van der Waals surface area contributed by atoms with Crippen LogP contribution in [0.25, 0.3) is 0 Å². The zero-order chi connectivity index (χ0) is 16.7. The number of aliphatic hydroxyl groups excluding tert-OH is 1. The van der Waals surface area contributed by atoms with Crippen molar-refractivity contribution >= 4 is 0 Å². The van der Waals surface area contributed by atoms with Crippen LogP contribution in [0, 0.1) is 5.41 Å². The molecule has 1 aromatic carbocycles. The molecule has 2 N–H and O–H groups in total. The lowest BCUT2D eigenvalue weighted by Gasteiger charge is -2.43. The van der Waals surface area contributed by atoms with Crippen LogP contribution in [-0.4, -0.2) is 49.1 Å². The molecule has 1 saturated heterocycles. The summed E-state index contributed by atoms with van der Waals surface area (Å²) < 4.78 is 36.3. The molecule has 0 unspecified atom stereocenters. The van der Waals surface area contributed by atoms with Gasteiger partial charge in [0.2, 0.25) is 0 Å². The minimum absolute atomic E-state index is 0.0429. The number of ether oxygens (including phenoxy) is 2. The van der Waals surface area contributed by atoms with Crippen molar-refractivity contribution in [2.24, 2.45) is 5.41 Å². The Balaban J connectivity index is 2.03. The molecule has 1 aromatic rings. The molecule has 0 aromatic heterocycles. The van der Waals surface area contributed by atoms with Crippen molar-refractivity contribution in [3.8, 4) is 11.5 Å². The van der Waals surface area contributed by atoms with Gasteiger partial charge in [-0.1, -0.05) is 26.0 Å². The fraction of sp³-hybridized carbons (Fsp3) is 0.625. The van der Waals surface area contributed by atoms with E-state index in [1.54, 1.807) is 12.1 Å². The van der Waals surface area contributed by atoms with Crippen LogP contribution in [0.4, 0.5) is 8.78 Å². The Labute approximate surface area is 134 Å². The molecule has 0 bridgehead atoms. The fourth-order valence-corrected chi connectivity index (χ4v) is 3.34. The Morgan fingerprint density at radius 2 is 2.00 bits per heavy atom. The second-order valence-corrected chi connectivity index (χ2v) is 6.68. The van der Waals surface area contributed by atoms with Gasteiger partial charge in [0.05, 0.1) is 0 Å². The van der Waals surface area contributed by atoms with Gasteiger partial charge in [-0.15, -0.1) is 8.78 Å². The lowest BCUT2D eigenvalue weighted by atomic mass is 9.79. The average molecular weight is 328 g/mol. The molecule has 1 atom stereocenters. The van der Waals surface area contributed by atoms with Crippen LogP contribution in [-0.2, 0) is 0 Å². The zero-order valence-electron chi connectivity index (χ0n) is 13.3. The number of aliphatic hydroxyl groups is 1. The van der Waals surface area contributed by atoms with E-state index in [4.69, 9.17) is 4.74 Å².